The number of aromatic nitrogens is 1. The van der Waals surface area contributed by atoms with Crippen LogP contribution in [0.25, 0.3) is 22.2 Å². The highest BCUT2D eigenvalue weighted by atomic mass is 16.2. The number of nitrogens with one attached hydrogen (secondary N) is 1. The largest absolute Gasteiger partial charge is 0.404 e. The van der Waals surface area contributed by atoms with Crippen molar-refractivity contribution in [3.8, 4) is 0 Å². The number of H-pyrrole nitrogens is 1. The van der Waals surface area contributed by atoms with Gasteiger partial charge in [-0.1, -0.05) is 6.07 Å². The zero-order valence-corrected chi connectivity index (χ0v) is 16.5. The maximum absolute atomic E-state index is 11.9. The number of amides is 1. The second kappa shape index (κ2) is 8.12. The molecule has 1 aliphatic heterocycles. The third-order valence-electron chi connectivity index (χ3n) is 5.11. The second-order valence-electron chi connectivity index (χ2n) is 6.73. The van der Waals surface area contributed by atoms with Crippen LogP contribution in [0.4, 0.5) is 0 Å². The van der Waals surface area contributed by atoms with E-state index in [9.17, 15) is 4.79 Å². The Balaban J connectivity index is 2.13. The molecule has 0 spiro atoms. The van der Waals surface area contributed by atoms with Gasteiger partial charge in [-0.25, -0.2) is 0 Å². The van der Waals surface area contributed by atoms with E-state index in [0.29, 0.717) is 25.2 Å². The highest BCUT2D eigenvalue weighted by Gasteiger charge is 2.24. The number of rotatable bonds is 3. The fraction of sp³-hybridized carbons (Fsp3) is 0.286. The first-order valence-corrected chi connectivity index (χ1v) is 9.16. The minimum atomic E-state index is 0.0400. The Morgan fingerprint density at radius 3 is 2.75 bits per heavy atom. The first-order chi connectivity index (χ1) is 13.5. The number of likely N-dealkylation sites (tertiary alicyclic amines) is 1. The Morgan fingerprint density at radius 2 is 2.11 bits per heavy atom. The van der Waals surface area contributed by atoms with E-state index in [4.69, 9.17) is 11.5 Å². The molecule has 0 unspecified atom stereocenters. The summed E-state index contributed by atoms with van der Waals surface area (Å²) in [4.78, 5) is 25.4. The molecule has 0 bridgehead atoms. The van der Waals surface area contributed by atoms with Crippen molar-refractivity contribution in [2.45, 2.75) is 13.3 Å². The van der Waals surface area contributed by atoms with Crippen LogP contribution in [0.3, 0.4) is 0 Å². The van der Waals surface area contributed by atoms with Crippen LogP contribution >= 0.6 is 0 Å². The van der Waals surface area contributed by atoms with Gasteiger partial charge in [-0.15, -0.1) is 0 Å². The Labute approximate surface area is 164 Å². The molecule has 28 heavy (non-hydrogen) atoms. The number of allylic oxidation sites excluding steroid dienone is 1. The van der Waals surface area contributed by atoms with E-state index in [2.05, 4.69) is 15.0 Å². The lowest BCUT2D eigenvalue weighted by molar-refractivity contribution is -0.128. The van der Waals surface area contributed by atoms with E-state index in [1.165, 1.54) is 6.20 Å². The molecule has 1 amide bonds. The fourth-order valence-corrected chi connectivity index (χ4v) is 3.55. The smallest absolute Gasteiger partial charge is 0.219 e. The van der Waals surface area contributed by atoms with Gasteiger partial charge in [-0.05, 0) is 17.7 Å². The van der Waals surface area contributed by atoms with E-state index < -0.39 is 0 Å². The van der Waals surface area contributed by atoms with Crippen LogP contribution in [0.2, 0.25) is 0 Å². The molecule has 0 atom stereocenters. The summed E-state index contributed by atoms with van der Waals surface area (Å²) < 4.78 is 0. The summed E-state index contributed by atoms with van der Waals surface area (Å²) in [5.74, 6) is 0.0400. The molecule has 146 valence electrons. The third kappa shape index (κ3) is 3.55. The van der Waals surface area contributed by atoms with E-state index >= 15 is 0 Å². The van der Waals surface area contributed by atoms with E-state index in [-0.39, 0.29) is 5.91 Å². The predicted octanol–water partition coefficient (Wildman–Crippen LogP) is 2.16. The SMILES string of the molecule is CN=CC(=CN)c1ccc2[nH]cc(C(N)=C3CN(C(C)=O)CCC3=NC)c2c1. The predicted molar refractivity (Wildman–Crippen MR) is 116 cm³/mol. The molecular weight excluding hydrogens is 352 g/mol. The molecule has 1 fully saturated rings. The number of piperidine rings is 1. The van der Waals surface area contributed by atoms with Gasteiger partial charge in [0.05, 0.1) is 0 Å². The molecule has 1 aromatic heterocycles. The quantitative estimate of drug-likeness (QED) is 0.711. The summed E-state index contributed by atoms with van der Waals surface area (Å²) >= 11 is 0. The maximum Gasteiger partial charge on any atom is 0.219 e. The summed E-state index contributed by atoms with van der Waals surface area (Å²) in [7, 11) is 3.48. The molecule has 7 heteroatoms. The van der Waals surface area contributed by atoms with Gasteiger partial charge >= 0.3 is 0 Å². The molecule has 1 saturated heterocycles. The minimum absolute atomic E-state index is 0.0400. The van der Waals surface area contributed by atoms with Crippen LogP contribution in [0.1, 0.15) is 24.5 Å². The minimum Gasteiger partial charge on any atom is -0.404 e. The van der Waals surface area contributed by atoms with Gasteiger partial charge in [0.25, 0.3) is 0 Å². The van der Waals surface area contributed by atoms with Crippen molar-refractivity contribution in [2.75, 3.05) is 27.2 Å². The Morgan fingerprint density at radius 1 is 1.32 bits per heavy atom. The summed E-state index contributed by atoms with van der Waals surface area (Å²) in [5.41, 5.74) is 18.5. The molecule has 2 heterocycles. The van der Waals surface area contributed by atoms with Gasteiger partial charge in [0.1, 0.15) is 0 Å². The van der Waals surface area contributed by atoms with E-state index in [1.807, 2.05) is 24.4 Å². The Hall–Kier alpha value is -3.35. The lowest BCUT2D eigenvalue weighted by atomic mass is 9.95. The number of nitrogens with zero attached hydrogens (tertiary/aromatic N) is 3. The number of nitrogens with two attached hydrogens (primary N) is 2. The number of aliphatic imine (C=N–C) groups is 2. The lowest BCUT2D eigenvalue weighted by Gasteiger charge is -2.30. The number of fused-ring (bicyclic) bond motifs is 1. The number of carbonyl (C=O) groups is 1. The second-order valence-corrected chi connectivity index (χ2v) is 6.73. The normalized spacial score (nSPS) is 19.0. The standard InChI is InChI=1S/C21H26N6O/c1-13(28)27-7-6-19(25-3)18(12-27)21(23)17-11-26-20-5-4-14(8-16(17)20)15(9-22)10-24-2/h4-5,8-11,26H,6-7,12,22-23H2,1-3H3. The summed E-state index contributed by atoms with van der Waals surface area (Å²) in [6.07, 6.45) is 5.86. The molecular formula is C21H26N6O. The molecule has 5 N–H and O–H groups in total. The zero-order valence-electron chi connectivity index (χ0n) is 16.5. The monoisotopic (exact) mass is 378 g/mol. The molecule has 0 saturated carbocycles. The molecule has 2 aromatic rings. The first kappa shape index (κ1) is 19.4. The van der Waals surface area contributed by atoms with Crippen molar-refractivity contribution < 1.29 is 4.79 Å². The third-order valence-corrected chi connectivity index (χ3v) is 5.11. The van der Waals surface area contributed by atoms with Crippen molar-refractivity contribution >= 4 is 40.0 Å². The highest BCUT2D eigenvalue weighted by Crippen LogP contribution is 2.29. The van der Waals surface area contributed by atoms with Crippen LogP contribution in [0, 0.1) is 0 Å². The molecule has 7 nitrogen and oxygen atoms in total. The number of aromatic amines is 1. The van der Waals surface area contributed by atoms with Gasteiger partial charge in [-0.2, -0.15) is 0 Å². The fourth-order valence-electron chi connectivity index (χ4n) is 3.55. The number of carbonyl (C=O) groups excluding carboxylic acids is 1. The van der Waals surface area contributed by atoms with Crippen molar-refractivity contribution in [1.29, 1.82) is 0 Å². The molecule has 0 aliphatic carbocycles. The first-order valence-electron chi connectivity index (χ1n) is 9.16. The Bertz CT molecular complexity index is 1020. The van der Waals surface area contributed by atoms with Crippen LogP contribution in [0.5, 0.6) is 0 Å². The van der Waals surface area contributed by atoms with Gasteiger partial charge in [0.2, 0.25) is 5.91 Å². The Kier molecular flexibility index (Phi) is 5.63. The van der Waals surface area contributed by atoms with Crippen molar-refractivity contribution in [3.63, 3.8) is 0 Å². The average molecular weight is 378 g/mol. The van der Waals surface area contributed by atoms with Gasteiger partial charge in [0.15, 0.2) is 0 Å². The van der Waals surface area contributed by atoms with Crippen LogP contribution < -0.4 is 11.5 Å². The summed E-state index contributed by atoms with van der Waals surface area (Å²) in [5, 5.41) is 0.988. The topological polar surface area (TPSA) is 113 Å². The van der Waals surface area contributed by atoms with Crippen LogP contribution in [-0.2, 0) is 4.79 Å². The molecule has 0 radical (unpaired) electrons. The highest BCUT2D eigenvalue weighted by molar-refractivity contribution is 6.12. The van der Waals surface area contributed by atoms with Gasteiger partial charge in [-0.3, -0.25) is 14.8 Å². The van der Waals surface area contributed by atoms with Gasteiger partial charge in [0, 0.05) is 98.2 Å². The average Bonchev–Trinajstić information content (AvgIpc) is 3.14. The molecule has 3 rings (SSSR count). The summed E-state index contributed by atoms with van der Waals surface area (Å²) in [6.45, 7) is 2.71. The van der Waals surface area contributed by atoms with Crippen molar-refractivity contribution in [1.82, 2.24) is 9.88 Å². The van der Waals surface area contributed by atoms with Crippen molar-refractivity contribution in [2.24, 2.45) is 21.5 Å². The number of hydrogen-bond acceptors (Lipinski definition) is 5. The lowest BCUT2D eigenvalue weighted by Crippen LogP contribution is -2.39. The summed E-state index contributed by atoms with van der Waals surface area (Å²) in [6, 6.07) is 6.03. The van der Waals surface area contributed by atoms with Crippen molar-refractivity contribution in [3.05, 3.63) is 47.3 Å². The maximum atomic E-state index is 11.9. The van der Waals surface area contributed by atoms with Crippen LogP contribution in [-0.4, -0.2) is 54.9 Å². The molecule has 1 aliphatic rings. The number of benzene rings is 1. The van der Waals surface area contributed by atoms with Crippen LogP contribution in [0.15, 0.2) is 46.2 Å². The van der Waals surface area contributed by atoms with E-state index in [1.54, 1.807) is 32.1 Å². The number of hydrogen-bond donors (Lipinski definition) is 3. The zero-order chi connectivity index (χ0) is 20.3. The molecule has 1 aromatic carbocycles. The van der Waals surface area contributed by atoms with Gasteiger partial charge < -0.3 is 21.4 Å². The van der Waals surface area contributed by atoms with E-state index in [0.717, 1.165) is 38.9 Å².